The summed E-state index contributed by atoms with van der Waals surface area (Å²) >= 11 is 1.62. The number of fused-ring (bicyclic) bond motifs is 1. The number of methoxy groups -OCH3 is 1. The molecule has 2 aromatic heterocycles. The molecule has 0 atom stereocenters. The van der Waals surface area contributed by atoms with E-state index in [1.165, 1.54) is 4.88 Å². The Morgan fingerprint density at radius 2 is 1.93 bits per heavy atom. The van der Waals surface area contributed by atoms with E-state index in [4.69, 9.17) is 9.72 Å². The van der Waals surface area contributed by atoms with E-state index in [0.29, 0.717) is 13.0 Å². The maximum Gasteiger partial charge on any atom is 0.262 e. The maximum atomic E-state index is 13.3. The van der Waals surface area contributed by atoms with Gasteiger partial charge in [-0.25, -0.2) is 4.98 Å². The Balaban J connectivity index is 2.07. The van der Waals surface area contributed by atoms with Crippen LogP contribution < -0.4 is 10.3 Å². The van der Waals surface area contributed by atoms with E-state index < -0.39 is 0 Å². The molecular formula is C22H29N3O2S. The zero-order chi connectivity index (χ0) is 20.1. The number of thiophene rings is 1. The van der Waals surface area contributed by atoms with E-state index in [0.717, 1.165) is 53.4 Å². The maximum absolute atomic E-state index is 13.3. The van der Waals surface area contributed by atoms with Crippen LogP contribution in [0.1, 0.15) is 37.0 Å². The van der Waals surface area contributed by atoms with Crippen LogP contribution >= 0.6 is 11.3 Å². The smallest absolute Gasteiger partial charge is 0.262 e. The fourth-order valence-electron chi connectivity index (χ4n) is 3.45. The average Bonchev–Trinajstić information content (AvgIpc) is 3.14. The zero-order valence-corrected chi connectivity index (χ0v) is 18.0. The van der Waals surface area contributed by atoms with Crippen LogP contribution in [0.2, 0.25) is 0 Å². The minimum Gasteiger partial charge on any atom is -0.496 e. The second kappa shape index (κ2) is 9.34. The van der Waals surface area contributed by atoms with E-state index in [1.807, 2.05) is 34.9 Å². The van der Waals surface area contributed by atoms with Crippen LogP contribution in [0.25, 0.3) is 10.2 Å². The fourth-order valence-corrected chi connectivity index (χ4v) is 4.42. The molecule has 0 aliphatic carbocycles. The molecule has 28 heavy (non-hydrogen) atoms. The highest BCUT2D eigenvalue weighted by Crippen LogP contribution is 2.24. The van der Waals surface area contributed by atoms with Crippen LogP contribution in [0, 0.1) is 0 Å². The highest BCUT2D eigenvalue weighted by atomic mass is 32.1. The van der Waals surface area contributed by atoms with Crippen molar-refractivity contribution >= 4 is 21.6 Å². The van der Waals surface area contributed by atoms with Gasteiger partial charge in [0.25, 0.3) is 5.56 Å². The van der Waals surface area contributed by atoms with Crippen LogP contribution in [-0.2, 0) is 19.4 Å². The van der Waals surface area contributed by atoms with Crippen molar-refractivity contribution < 1.29 is 4.74 Å². The lowest BCUT2D eigenvalue weighted by Crippen LogP contribution is -2.33. The van der Waals surface area contributed by atoms with Gasteiger partial charge in [-0.2, -0.15) is 0 Å². The Kier molecular flexibility index (Phi) is 6.86. The van der Waals surface area contributed by atoms with Crippen molar-refractivity contribution in [2.75, 3.05) is 26.7 Å². The Morgan fingerprint density at radius 1 is 1.18 bits per heavy atom. The predicted octanol–water partition coefficient (Wildman–Crippen LogP) is 3.96. The monoisotopic (exact) mass is 399 g/mol. The zero-order valence-electron chi connectivity index (χ0n) is 17.2. The van der Waals surface area contributed by atoms with Crippen molar-refractivity contribution in [3.8, 4) is 5.75 Å². The second-order valence-corrected chi connectivity index (χ2v) is 7.90. The van der Waals surface area contributed by atoms with Gasteiger partial charge >= 0.3 is 0 Å². The quantitative estimate of drug-likeness (QED) is 0.546. The molecule has 0 N–H and O–H groups in total. The van der Waals surface area contributed by atoms with E-state index in [1.54, 1.807) is 18.4 Å². The molecule has 0 spiro atoms. The lowest BCUT2D eigenvalue weighted by atomic mass is 10.1. The summed E-state index contributed by atoms with van der Waals surface area (Å²) in [7, 11) is 1.68. The van der Waals surface area contributed by atoms with Crippen LogP contribution in [0.3, 0.4) is 0 Å². The van der Waals surface area contributed by atoms with Gasteiger partial charge in [-0.1, -0.05) is 39.0 Å². The van der Waals surface area contributed by atoms with Crippen molar-refractivity contribution in [2.45, 2.75) is 40.2 Å². The fraction of sp³-hybridized carbons (Fsp3) is 0.455. The molecule has 0 saturated carbocycles. The summed E-state index contributed by atoms with van der Waals surface area (Å²) < 4.78 is 7.37. The van der Waals surface area contributed by atoms with Crippen molar-refractivity contribution in [1.29, 1.82) is 0 Å². The number of nitrogens with zero attached hydrogens (tertiary/aromatic N) is 3. The molecule has 2 heterocycles. The summed E-state index contributed by atoms with van der Waals surface area (Å²) in [6.45, 7) is 9.84. The second-order valence-electron chi connectivity index (χ2n) is 6.79. The third kappa shape index (κ3) is 4.28. The Hall–Kier alpha value is -2.18. The Bertz CT molecular complexity index is 989. The molecule has 6 heteroatoms. The first-order valence-electron chi connectivity index (χ1n) is 9.97. The summed E-state index contributed by atoms with van der Waals surface area (Å²) in [6.07, 6.45) is 1.49. The number of benzene rings is 1. The molecule has 0 unspecified atom stereocenters. The third-order valence-corrected chi connectivity index (χ3v) is 6.38. The molecule has 0 amide bonds. The van der Waals surface area contributed by atoms with Crippen LogP contribution in [-0.4, -0.2) is 41.2 Å². The van der Waals surface area contributed by atoms with Crippen molar-refractivity contribution in [2.24, 2.45) is 0 Å². The van der Waals surface area contributed by atoms with Crippen LogP contribution in [0.4, 0.5) is 0 Å². The molecule has 0 saturated heterocycles. The SMILES string of the molecule is CCc1cc2c(=O)n(CCN(CC)CC)c(Cc3ccccc3OC)nc2s1. The number of para-hydroxylation sites is 1. The first-order chi connectivity index (χ1) is 13.6. The highest BCUT2D eigenvalue weighted by molar-refractivity contribution is 7.18. The number of rotatable bonds is 9. The van der Waals surface area contributed by atoms with Crippen LogP contribution in [0.15, 0.2) is 35.1 Å². The van der Waals surface area contributed by atoms with Gasteiger partial charge in [0.1, 0.15) is 16.4 Å². The molecule has 0 bridgehead atoms. The van der Waals surface area contributed by atoms with Gasteiger partial charge < -0.3 is 9.64 Å². The molecule has 0 aliphatic heterocycles. The summed E-state index contributed by atoms with van der Waals surface area (Å²) in [6, 6.07) is 9.95. The summed E-state index contributed by atoms with van der Waals surface area (Å²) in [5.41, 5.74) is 1.11. The Labute approximate surface area is 170 Å². The number of aromatic nitrogens is 2. The van der Waals surface area contributed by atoms with Gasteiger partial charge in [0, 0.05) is 30.0 Å². The largest absolute Gasteiger partial charge is 0.496 e. The van der Waals surface area contributed by atoms with Gasteiger partial charge in [0.05, 0.1) is 12.5 Å². The third-order valence-electron chi connectivity index (χ3n) is 5.21. The van der Waals surface area contributed by atoms with Crippen molar-refractivity contribution in [3.63, 3.8) is 0 Å². The molecule has 3 aromatic rings. The molecular weight excluding hydrogens is 370 g/mol. The van der Waals surface area contributed by atoms with Gasteiger partial charge in [-0.3, -0.25) is 9.36 Å². The molecule has 5 nitrogen and oxygen atoms in total. The number of aryl methyl sites for hydroxylation is 1. The summed E-state index contributed by atoms with van der Waals surface area (Å²) in [5, 5.41) is 0.741. The Morgan fingerprint density at radius 3 is 2.61 bits per heavy atom. The first kappa shape index (κ1) is 20.6. The first-order valence-corrected chi connectivity index (χ1v) is 10.8. The average molecular weight is 400 g/mol. The molecule has 1 aromatic carbocycles. The van der Waals surface area contributed by atoms with Gasteiger partial charge in [0.2, 0.25) is 0 Å². The minimum absolute atomic E-state index is 0.0676. The normalized spacial score (nSPS) is 11.5. The van der Waals surface area contributed by atoms with Crippen molar-refractivity contribution in [1.82, 2.24) is 14.5 Å². The van der Waals surface area contributed by atoms with Crippen LogP contribution in [0.5, 0.6) is 5.75 Å². The van der Waals surface area contributed by atoms with Gasteiger partial charge in [0.15, 0.2) is 0 Å². The minimum atomic E-state index is 0.0676. The van der Waals surface area contributed by atoms with E-state index in [9.17, 15) is 4.79 Å². The summed E-state index contributed by atoms with van der Waals surface area (Å²) in [4.78, 5) is 22.6. The van der Waals surface area contributed by atoms with E-state index >= 15 is 0 Å². The lowest BCUT2D eigenvalue weighted by molar-refractivity contribution is 0.287. The van der Waals surface area contributed by atoms with E-state index in [2.05, 4.69) is 25.7 Å². The van der Waals surface area contributed by atoms with Crippen molar-refractivity contribution in [3.05, 3.63) is 57.0 Å². The molecule has 0 aliphatic rings. The predicted molar refractivity (Wildman–Crippen MR) is 117 cm³/mol. The number of ether oxygens (including phenoxy) is 1. The van der Waals surface area contributed by atoms with Gasteiger partial charge in [-0.05, 0) is 31.6 Å². The topological polar surface area (TPSA) is 47.4 Å². The highest BCUT2D eigenvalue weighted by Gasteiger charge is 2.16. The molecule has 150 valence electrons. The number of likely N-dealkylation sites (N-methyl/N-ethyl adjacent to an activating group) is 1. The summed E-state index contributed by atoms with van der Waals surface area (Å²) in [5.74, 6) is 1.63. The molecule has 3 rings (SSSR count). The molecule has 0 fully saturated rings. The number of hydrogen-bond donors (Lipinski definition) is 0. The van der Waals surface area contributed by atoms with E-state index in [-0.39, 0.29) is 5.56 Å². The number of hydrogen-bond acceptors (Lipinski definition) is 5. The standard InChI is InChI=1S/C22H29N3O2S/c1-5-17-15-18-21(28-17)23-20(14-16-10-8-9-11-19(16)27-4)25(22(18)26)13-12-24(6-2)7-3/h8-11,15H,5-7,12-14H2,1-4H3. The van der Waals surface area contributed by atoms with Gasteiger partial charge in [-0.15, -0.1) is 11.3 Å². The molecule has 0 radical (unpaired) electrons. The lowest BCUT2D eigenvalue weighted by Gasteiger charge is -2.20.